The lowest BCUT2D eigenvalue weighted by Gasteiger charge is -2.24. The quantitative estimate of drug-likeness (QED) is 0.803. The molecule has 2 atom stereocenters. The maximum Gasteiger partial charge on any atom is 0.0765 e. The fraction of sp³-hybridized carbons (Fsp3) is 0.600. The maximum absolute atomic E-state index is 10.1. The highest BCUT2D eigenvalue weighted by atomic mass is 32.2. The van der Waals surface area contributed by atoms with Crippen LogP contribution in [0.1, 0.15) is 18.9 Å². The third-order valence-electron chi connectivity index (χ3n) is 3.44. The SMILES string of the molecule is COCCC(C)(O)CNCC1Cc2ccccc2S1. The van der Waals surface area contributed by atoms with Crippen molar-refractivity contribution in [2.24, 2.45) is 0 Å². The van der Waals surface area contributed by atoms with Crippen LogP contribution in [0.3, 0.4) is 0 Å². The largest absolute Gasteiger partial charge is 0.389 e. The molecule has 0 saturated heterocycles. The van der Waals surface area contributed by atoms with Crippen molar-refractivity contribution in [3.05, 3.63) is 29.8 Å². The van der Waals surface area contributed by atoms with Gasteiger partial charge in [0.1, 0.15) is 0 Å². The zero-order valence-corrected chi connectivity index (χ0v) is 12.5. The van der Waals surface area contributed by atoms with Crippen molar-refractivity contribution in [1.29, 1.82) is 0 Å². The van der Waals surface area contributed by atoms with Crippen LogP contribution < -0.4 is 5.32 Å². The van der Waals surface area contributed by atoms with Crippen molar-refractivity contribution in [2.45, 2.75) is 35.5 Å². The number of methoxy groups -OCH3 is 1. The van der Waals surface area contributed by atoms with E-state index in [0.717, 1.165) is 13.0 Å². The van der Waals surface area contributed by atoms with Crippen LogP contribution in [0.5, 0.6) is 0 Å². The van der Waals surface area contributed by atoms with Crippen LogP contribution in [-0.2, 0) is 11.2 Å². The second-order valence-electron chi connectivity index (χ2n) is 5.42. The minimum atomic E-state index is -0.688. The molecule has 1 aromatic rings. The van der Waals surface area contributed by atoms with Gasteiger partial charge in [0, 0.05) is 43.4 Å². The molecule has 0 aliphatic carbocycles. The molecule has 0 spiro atoms. The standard InChI is InChI=1S/C15H23NO2S/c1-15(17,7-8-18-2)11-16-10-13-9-12-5-3-4-6-14(12)19-13/h3-6,13,16-17H,7-11H2,1-2H3. The molecule has 0 bridgehead atoms. The highest BCUT2D eigenvalue weighted by molar-refractivity contribution is 8.00. The van der Waals surface area contributed by atoms with E-state index in [-0.39, 0.29) is 0 Å². The zero-order valence-electron chi connectivity index (χ0n) is 11.7. The molecular formula is C15H23NO2S. The third kappa shape index (κ3) is 4.49. The summed E-state index contributed by atoms with van der Waals surface area (Å²) in [6, 6.07) is 8.59. The fourth-order valence-electron chi connectivity index (χ4n) is 2.28. The first kappa shape index (κ1) is 14.9. The second-order valence-corrected chi connectivity index (χ2v) is 6.76. The second kappa shape index (κ2) is 6.75. The number of thioether (sulfide) groups is 1. The van der Waals surface area contributed by atoms with Crippen molar-refractivity contribution in [3.8, 4) is 0 Å². The van der Waals surface area contributed by atoms with Crippen LogP contribution in [0, 0.1) is 0 Å². The molecule has 1 aromatic carbocycles. The van der Waals surface area contributed by atoms with E-state index in [1.54, 1.807) is 7.11 Å². The van der Waals surface area contributed by atoms with Crippen molar-refractivity contribution >= 4 is 11.8 Å². The third-order valence-corrected chi connectivity index (χ3v) is 4.76. The van der Waals surface area contributed by atoms with Crippen LogP contribution in [-0.4, -0.2) is 42.8 Å². The molecule has 4 heteroatoms. The number of rotatable bonds is 7. The minimum absolute atomic E-state index is 0.579. The fourth-order valence-corrected chi connectivity index (χ4v) is 3.56. The zero-order chi connectivity index (χ0) is 13.7. The molecule has 1 aliphatic heterocycles. The van der Waals surface area contributed by atoms with Gasteiger partial charge >= 0.3 is 0 Å². The number of nitrogens with one attached hydrogen (secondary N) is 1. The molecule has 0 amide bonds. The van der Waals surface area contributed by atoms with Crippen molar-refractivity contribution < 1.29 is 9.84 Å². The Balaban J connectivity index is 1.71. The number of hydrogen-bond donors (Lipinski definition) is 2. The molecule has 19 heavy (non-hydrogen) atoms. The summed E-state index contributed by atoms with van der Waals surface area (Å²) in [4.78, 5) is 1.40. The molecule has 3 nitrogen and oxygen atoms in total. The van der Waals surface area contributed by atoms with Crippen LogP contribution in [0.4, 0.5) is 0 Å². The molecular weight excluding hydrogens is 258 g/mol. The summed E-state index contributed by atoms with van der Waals surface area (Å²) in [5.41, 5.74) is 0.761. The van der Waals surface area contributed by atoms with E-state index in [1.807, 2.05) is 18.7 Å². The van der Waals surface area contributed by atoms with Gasteiger partial charge in [0.05, 0.1) is 5.60 Å². The van der Waals surface area contributed by atoms with Crippen LogP contribution in [0.25, 0.3) is 0 Å². The first-order chi connectivity index (χ1) is 9.11. The Kier molecular flexibility index (Phi) is 5.28. The summed E-state index contributed by atoms with van der Waals surface area (Å²) >= 11 is 1.94. The number of benzene rings is 1. The normalized spacial score (nSPS) is 21.1. The monoisotopic (exact) mass is 281 g/mol. The van der Waals surface area contributed by atoms with E-state index >= 15 is 0 Å². The first-order valence-corrected chi connectivity index (χ1v) is 7.65. The van der Waals surface area contributed by atoms with Gasteiger partial charge in [0.15, 0.2) is 0 Å². The van der Waals surface area contributed by atoms with Gasteiger partial charge in [0.2, 0.25) is 0 Å². The van der Waals surface area contributed by atoms with E-state index in [4.69, 9.17) is 4.74 Å². The first-order valence-electron chi connectivity index (χ1n) is 6.77. The van der Waals surface area contributed by atoms with Crippen molar-refractivity contribution in [3.63, 3.8) is 0 Å². The van der Waals surface area contributed by atoms with Crippen molar-refractivity contribution in [2.75, 3.05) is 26.8 Å². The Labute approximate surface area is 119 Å². The van der Waals surface area contributed by atoms with Crippen LogP contribution in [0.15, 0.2) is 29.2 Å². The average Bonchev–Trinajstić information content (AvgIpc) is 2.78. The van der Waals surface area contributed by atoms with Crippen molar-refractivity contribution in [1.82, 2.24) is 5.32 Å². The Morgan fingerprint density at radius 1 is 1.47 bits per heavy atom. The predicted octanol–water partition coefficient (Wildman–Crippen LogP) is 2.08. The Hall–Kier alpha value is -0.550. The minimum Gasteiger partial charge on any atom is -0.389 e. The lowest BCUT2D eigenvalue weighted by Crippen LogP contribution is -2.41. The van der Waals surface area contributed by atoms with E-state index in [1.165, 1.54) is 10.5 Å². The van der Waals surface area contributed by atoms with E-state index in [9.17, 15) is 5.11 Å². The molecule has 0 aromatic heterocycles. The van der Waals surface area contributed by atoms with Gasteiger partial charge in [-0.3, -0.25) is 0 Å². The molecule has 2 rings (SSSR count). The summed E-state index contributed by atoms with van der Waals surface area (Å²) in [5.74, 6) is 0. The van der Waals surface area contributed by atoms with Gasteiger partial charge in [-0.2, -0.15) is 0 Å². The summed E-state index contributed by atoms with van der Waals surface area (Å²) in [7, 11) is 1.66. The summed E-state index contributed by atoms with van der Waals surface area (Å²) in [6.07, 6.45) is 1.78. The van der Waals surface area contributed by atoms with Gasteiger partial charge < -0.3 is 15.2 Å². The summed E-state index contributed by atoms with van der Waals surface area (Å²) < 4.78 is 5.01. The maximum atomic E-state index is 10.1. The lowest BCUT2D eigenvalue weighted by atomic mass is 10.0. The van der Waals surface area contributed by atoms with E-state index in [0.29, 0.717) is 24.8 Å². The molecule has 1 heterocycles. The Bertz CT molecular complexity index is 384. The molecule has 0 radical (unpaired) electrons. The molecule has 0 fully saturated rings. The van der Waals surface area contributed by atoms with Crippen LogP contribution in [0.2, 0.25) is 0 Å². The summed E-state index contributed by atoms with van der Waals surface area (Å²) in [5, 5.41) is 14.1. The Morgan fingerprint density at radius 3 is 3.00 bits per heavy atom. The molecule has 2 unspecified atom stereocenters. The predicted molar refractivity (Wildman–Crippen MR) is 79.8 cm³/mol. The molecule has 106 valence electrons. The van der Waals surface area contributed by atoms with Gasteiger partial charge in [0.25, 0.3) is 0 Å². The lowest BCUT2D eigenvalue weighted by molar-refractivity contribution is 0.0252. The van der Waals surface area contributed by atoms with Gasteiger partial charge in [-0.25, -0.2) is 0 Å². The number of hydrogen-bond acceptors (Lipinski definition) is 4. The Morgan fingerprint density at radius 2 is 2.26 bits per heavy atom. The molecule has 2 N–H and O–H groups in total. The number of aliphatic hydroxyl groups is 1. The summed E-state index contributed by atoms with van der Waals surface area (Å²) in [6.45, 7) is 4.00. The number of ether oxygens (including phenoxy) is 1. The van der Waals surface area contributed by atoms with Gasteiger partial charge in [-0.05, 0) is 25.0 Å². The highest BCUT2D eigenvalue weighted by Gasteiger charge is 2.23. The van der Waals surface area contributed by atoms with E-state index < -0.39 is 5.60 Å². The highest BCUT2D eigenvalue weighted by Crippen LogP contribution is 2.36. The number of fused-ring (bicyclic) bond motifs is 1. The topological polar surface area (TPSA) is 41.5 Å². The van der Waals surface area contributed by atoms with Gasteiger partial charge in [-0.1, -0.05) is 18.2 Å². The van der Waals surface area contributed by atoms with E-state index in [2.05, 4.69) is 29.6 Å². The smallest absolute Gasteiger partial charge is 0.0765 e. The average molecular weight is 281 g/mol. The van der Waals surface area contributed by atoms with Gasteiger partial charge in [-0.15, -0.1) is 11.8 Å². The molecule has 1 aliphatic rings. The molecule has 0 saturated carbocycles. The van der Waals surface area contributed by atoms with Crippen LogP contribution >= 0.6 is 11.8 Å².